The first-order valence-corrected chi connectivity index (χ1v) is 7.04. The zero-order valence-electron chi connectivity index (χ0n) is 12.0. The third kappa shape index (κ3) is 3.03. The lowest BCUT2D eigenvalue weighted by Gasteiger charge is -2.37. The minimum Gasteiger partial charge on any atom is -0.445 e. The number of nitrogens with zero attached hydrogens (tertiary/aromatic N) is 2. The van der Waals surface area contributed by atoms with E-state index in [-0.39, 0.29) is 12.3 Å². The third-order valence-electron chi connectivity index (χ3n) is 3.81. The number of anilines is 1. The molecule has 0 spiro atoms. The van der Waals surface area contributed by atoms with Crippen LogP contribution in [0.4, 0.5) is 28.4 Å². The fraction of sp³-hybridized carbons (Fsp3) is 0.429. The molecule has 6 nitrogen and oxygen atoms in total. The topological polar surface area (TPSA) is 61.9 Å². The van der Waals surface area contributed by atoms with Gasteiger partial charge in [-0.2, -0.15) is 13.2 Å². The van der Waals surface area contributed by atoms with Crippen molar-refractivity contribution in [3.05, 3.63) is 29.8 Å². The molecule has 2 aliphatic rings. The van der Waals surface area contributed by atoms with E-state index in [9.17, 15) is 22.8 Å². The van der Waals surface area contributed by atoms with Crippen LogP contribution in [0.2, 0.25) is 0 Å². The maximum atomic E-state index is 12.7. The van der Waals surface area contributed by atoms with Crippen molar-refractivity contribution >= 4 is 17.8 Å². The number of cyclic esters (lactones) is 1. The number of nitrogens with one attached hydrogen (secondary N) is 1. The molecular formula is C14H14F3N3O3. The lowest BCUT2D eigenvalue weighted by Crippen LogP contribution is -2.55. The second kappa shape index (κ2) is 5.64. The molecule has 0 aromatic heterocycles. The molecule has 2 aliphatic heterocycles. The molecule has 0 saturated carbocycles. The molecule has 1 N–H and O–H groups in total. The van der Waals surface area contributed by atoms with Crippen LogP contribution in [0.25, 0.3) is 0 Å². The average Bonchev–Trinajstić information content (AvgIpc) is 2.88. The molecule has 0 bridgehead atoms. The summed E-state index contributed by atoms with van der Waals surface area (Å²) in [6.45, 7) is 0.967. The molecule has 1 aromatic rings. The summed E-state index contributed by atoms with van der Waals surface area (Å²) in [5.74, 6) is 0. The molecule has 0 aliphatic carbocycles. The molecular weight excluding hydrogens is 315 g/mol. The van der Waals surface area contributed by atoms with Gasteiger partial charge in [0.1, 0.15) is 12.8 Å². The molecule has 2 saturated heterocycles. The first-order chi connectivity index (χ1) is 10.9. The van der Waals surface area contributed by atoms with Crippen molar-refractivity contribution in [2.75, 3.05) is 25.0 Å². The van der Waals surface area contributed by atoms with Crippen LogP contribution in [0.5, 0.6) is 0 Å². The fourth-order valence-corrected chi connectivity index (χ4v) is 2.70. The van der Waals surface area contributed by atoms with Gasteiger partial charge in [-0.05, 0) is 24.6 Å². The molecule has 3 amide bonds. The zero-order chi connectivity index (χ0) is 16.6. The summed E-state index contributed by atoms with van der Waals surface area (Å²) >= 11 is 0. The van der Waals surface area contributed by atoms with Gasteiger partial charge in [-0.15, -0.1) is 0 Å². The van der Waals surface area contributed by atoms with Crippen molar-refractivity contribution in [2.45, 2.75) is 18.8 Å². The maximum absolute atomic E-state index is 12.7. The number of hydrogen-bond donors (Lipinski definition) is 1. The number of carbonyl (C=O) groups is 2. The molecule has 23 heavy (non-hydrogen) atoms. The fourth-order valence-electron chi connectivity index (χ4n) is 2.70. The van der Waals surface area contributed by atoms with Crippen molar-refractivity contribution in [2.24, 2.45) is 0 Å². The second-order valence-electron chi connectivity index (χ2n) is 5.31. The smallest absolute Gasteiger partial charge is 0.416 e. The first kappa shape index (κ1) is 15.4. The van der Waals surface area contributed by atoms with Gasteiger partial charge in [0, 0.05) is 18.8 Å². The number of alkyl halides is 3. The zero-order valence-corrected chi connectivity index (χ0v) is 12.0. The molecule has 1 aromatic carbocycles. The van der Waals surface area contributed by atoms with Crippen molar-refractivity contribution < 1.29 is 27.5 Å². The van der Waals surface area contributed by atoms with Crippen LogP contribution >= 0.6 is 0 Å². The Morgan fingerprint density at radius 3 is 2.83 bits per heavy atom. The normalized spacial score (nSPS) is 21.0. The largest absolute Gasteiger partial charge is 0.445 e. The number of amides is 3. The van der Waals surface area contributed by atoms with Gasteiger partial charge in [-0.1, -0.05) is 6.07 Å². The van der Waals surface area contributed by atoms with Crippen molar-refractivity contribution in [1.29, 1.82) is 0 Å². The molecule has 124 valence electrons. The van der Waals surface area contributed by atoms with E-state index >= 15 is 0 Å². The quantitative estimate of drug-likeness (QED) is 0.862. The highest BCUT2D eigenvalue weighted by Crippen LogP contribution is 2.31. The minimum atomic E-state index is -4.48. The van der Waals surface area contributed by atoms with Crippen LogP contribution < -0.4 is 5.32 Å². The van der Waals surface area contributed by atoms with Gasteiger partial charge >= 0.3 is 18.3 Å². The van der Waals surface area contributed by atoms with E-state index in [1.165, 1.54) is 21.9 Å². The van der Waals surface area contributed by atoms with Gasteiger partial charge in [-0.25, -0.2) is 9.59 Å². The number of benzene rings is 1. The minimum absolute atomic E-state index is 0.0483. The number of hydrogen-bond acceptors (Lipinski definition) is 3. The Balaban J connectivity index is 1.73. The Hall–Kier alpha value is -2.45. The summed E-state index contributed by atoms with van der Waals surface area (Å²) in [6.07, 6.45) is -4.88. The van der Waals surface area contributed by atoms with Crippen LogP contribution in [0, 0.1) is 0 Å². The predicted molar refractivity (Wildman–Crippen MR) is 73.6 cm³/mol. The number of carbonyl (C=O) groups excluding carboxylic acids is 2. The van der Waals surface area contributed by atoms with Crippen LogP contribution in [0.15, 0.2) is 24.3 Å². The van der Waals surface area contributed by atoms with E-state index in [1.54, 1.807) is 0 Å². The summed E-state index contributed by atoms with van der Waals surface area (Å²) in [6, 6.07) is 3.85. The lowest BCUT2D eigenvalue weighted by molar-refractivity contribution is -0.137. The summed E-state index contributed by atoms with van der Waals surface area (Å²) < 4.78 is 43.0. The number of rotatable bonds is 1. The lowest BCUT2D eigenvalue weighted by atomic mass is 10.2. The van der Waals surface area contributed by atoms with Crippen LogP contribution in [-0.2, 0) is 10.9 Å². The number of urea groups is 1. The van der Waals surface area contributed by atoms with Crippen molar-refractivity contribution in [1.82, 2.24) is 9.80 Å². The Bertz CT molecular complexity index is 635. The van der Waals surface area contributed by atoms with Crippen LogP contribution in [-0.4, -0.2) is 47.8 Å². The van der Waals surface area contributed by atoms with Gasteiger partial charge in [0.05, 0.1) is 5.56 Å². The number of fused-ring (bicyclic) bond motifs is 1. The van der Waals surface area contributed by atoms with E-state index < -0.39 is 30.0 Å². The van der Waals surface area contributed by atoms with E-state index in [4.69, 9.17) is 4.74 Å². The highest BCUT2D eigenvalue weighted by Gasteiger charge is 2.41. The number of ether oxygens (including phenoxy) is 1. The molecule has 3 rings (SSSR count). The van der Waals surface area contributed by atoms with Crippen molar-refractivity contribution in [3.8, 4) is 0 Å². The molecule has 2 heterocycles. The maximum Gasteiger partial charge on any atom is 0.416 e. The molecule has 0 unspecified atom stereocenters. The van der Waals surface area contributed by atoms with E-state index in [2.05, 4.69) is 5.32 Å². The third-order valence-corrected chi connectivity index (χ3v) is 3.81. The summed E-state index contributed by atoms with van der Waals surface area (Å²) in [5, 5.41) is 2.45. The molecule has 2 fully saturated rings. The molecule has 1 atom stereocenters. The van der Waals surface area contributed by atoms with Crippen LogP contribution in [0.3, 0.4) is 0 Å². The Morgan fingerprint density at radius 2 is 2.09 bits per heavy atom. The molecule has 9 heteroatoms. The van der Waals surface area contributed by atoms with Crippen molar-refractivity contribution in [3.63, 3.8) is 0 Å². The van der Waals surface area contributed by atoms with Crippen LogP contribution in [0.1, 0.15) is 12.0 Å². The summed E-state index contributed by atoms with van der Waals surface area (Å²) in [5.41, 5.74) is -0.790. The van der Waals surface area contributed by atoms with Gasteiger partial charge in [0.2, 0.25) is 0 Å². The number of halogens is 3. The van der Waals surface area contributed by atoms with Gasteiger partial charge in [-0.3, -0.25) is 4.90 Å². The average molecular weight is 329 g/mol. The van der Waals surface area contributed by atoms with Gasteiger partial charge < -0.3 is 15.0 Å². The van der Waals surface area contributed by atoms with E-state index in [0.717, 1.165) is 12.1 Å². The SMILES string of the molecule is O=C(Nc1cccc(C(F)(F)F)c1)N1CCCN2C(=O)OC[C@@H]12. The van der Waals surface area contributed by atoms with Gasteiger partial charge in [0.15, 0.2) is 0 Å². The first-order valence-electron chi connectivity index (χ1n) is 7.04. The van der Waals surface area contributed by atoms with E-state index in [0.29, 0.717) is 19.5 Å². The standard InChI is InChI=1S/C14H14F3N3O3/c15-14(16,17)9-3-1-4-10(7-9)18-12(21)19-5-2-6-20-11(19)8-23-13(20)22/h1,3-4,7,11H,2,5-6,8H2,(H,18,21)/t11-/m0/s1. The van der Waals surface area contributed by atoms with E-state index in [1.807, 2.05) is 0 Å². The second-order valence-corrected chi connectivity index (χ2v) is 5.31. The monoisotopic (exact) mass is 329 g/mol. The Labute approximate surface area is 129 Å². The van der Waals surface area contributed by atoms with Gasteiger partial charge in [0.25, 0.3) is 0 Å². The highest BCUT2D eigenvalue weighted by molar-refractivity contribution is 5.90. The summed E-state index contributed by atoms with van der Waals surface area (Å²) in [4.78, 5) is 26.7. The summed E-state index contributed by atoms with van der Waals surface area (Å²) in [7, 11) is 0. The molecule has 0 radical (unpaired) electrons. The Morgan fingerprint density at radius 1 is 1.30 bits per heavy atom. The highest BCUT2D eigenvalue weighted by atomic mass is 19.4. The Kier molecular flexibility index (Phi) is 3.78. The predicted octanol–water partition coefficient (Wildman–Crippen LogP) is 2.72.